The van der Waals surface area contributed by atoms with E-state index in [0.29, 0.717) is 11.5 Å². The van der Waals surface area contributed by atoms with Gasteiger partial charge in [0.05, 0.1) is 0 Å². The smallest absolute Gasteiger partial charge is 0.329 e. The summed E-state index contributed by atoms with van der Waals surface area (Å²) in [6, 6.07) is 15.4. The van der Waals surface area contributed by atoms with Crippen molar-refractivity contribution in [3.05, 3.63) is 59.7 Å². The number of aliphatic hydroxyl groups is 2. The van der Waals surface area contributed by atoms with E-state index in [1.807, 2.05) is 48.5 Å². The maximum atomic E-state index is 12.0. The van der Waals surface area contributed by atoms with Crippen LogP contribution in [-0.2, 0) is 24.5 Å². The molecule has 2 unspecified atom stereocenters. The second-order valence-electron chi connectivity index (χ2n) is 10.0. The van der Waals surface area contributed by atoms with Crippen LogP contribution in [0.1, 0.15) is 25.0 Å². The summed E-state index contributed by atoms with van der Waals surface area (Å²) < 4.78 is 21.4. The van der Waals surface area contributed by atoms with Gasteiger partial charge >= 0.3 is 11.9 Å². The van der Waals surface area contributed by atoms with Crippen LogP contribution >= 0.6 is 47.0 Å². The van der Waals surface area contributed by atoms with E-state index >= 15 is 0 Å². The lowest BCUT2D eigenvalue weighted by molar-refractivity contribution is -0.145. The van der Waals surface area contributed by atoms with Gasteiger partial charge in [-0.05, 0) is 35.4 Å². The number of thioether (sulfide) groups is 4. The van der Waals surface area contributed by atoms with Crippen molar-refractivity contribution in [1.29, 1.82) is 0 Å². The Morgan fingerprint density at radius 3 is 1.37 bits per heavy atom. The van der Waals surface area contributed by atoms with Gasteiger partial charge in [0.2, 0.25) is 0 Å². The van der Waals surface area contributed by atoms with Crippen LogP contribution in [0.3, 0.4) is 0 Å². The Morgan fingerprint density at radius 2 is 1.02 bits per heavy atom. The third-order valence-corrected chi connectivity index (χ3v) is 12.4. The minimum absolute atomic E-state index is 0.0260. The first-order valence-corrected chi connectivity index (χ1v) is 17.5. The van der Waals surface area contributed by atoms with Crippen LogP contribution in [-0.4, -0.2) is 93.0 Å². The van der Waals surface area contributed by atoms with Crippen LogP contribution in [0.15, 0.2) is 48.5 Å². The largest absolute Gasteiger partial charge is 0.491 e. The molecule has 2 saturated heterocycles. The second kappa shape index (κ2) is 15.7. The number of esters is 2. The molecule has 41 heavy (non-hydrogen) atoms. The van der Waals surface area contributed by atoms with Gasteiger partial charge in [-0.2, -0.15) is 0 Å². The highest BCUT2D eigenvalue weighted by Gasteiger charge is 2.27. The number of benzene rings is 2. The van der Waals surface area contributed by atoms with Gasteiger partial charge < -0.3 is 29.2 Å². The molecule has 2 aromatic rings. The summed E-state index contributed by atoms with van der Waals surface area (Å²) >= 11 is 6.27. The van der Waals surface area contributed by atoms with E-state index in [1.54, 1.807) is 47.0 Å². The lowest BCUT2D eigenvalue weighted by atomic mass is 9.78. The molecule has 0 amide bonds. The van der Waals surface area contributed by atoms with E-state index in [2.05, 4.69) is 13.8 Å². The molecule has 8 nitrogen and oxygen atoms in total. The molecule has 2 atom stereocenters. The van der Waals surface area contributed by atoms with Crippen LogP contribution < -0.4 is 9.47 Å². The zero-order valence-corrected chi connectivity index (χ0v) is 26.3. The van der Waals surface area contributed by atoms with Gasteiger partial charge in [0.25, 0.3) is 0 Å². The van der Waals surface area contributed by atoms with E-state index in [-0.39, 0.29) is 52.9 Å². The predicted molar refractivity (Wildman–Crippen MR) is 167 cm³/mol. The van der Waals surface area contributed by atoms with E-state index in [0.717, 1.165) is 34.1 Å². The highest BCUT2D eigenvalue weighted by molar-refractivity contribution is 8.21. The van der Waals surface area contributed by atoms with Gasteiger partial charge in [-0.1, -0.05) is 38.1 Å². The Morgan fingerprint density at radius 1 is 0.683 bits per heavy atom. The topological polar surface area (TPSA) is 112 Å². The molecule has 2 aliphatic rings. The Bertz CT molecular complexity index is 1030. The van der Waals surface area contributed by atoms with Crippen molar-refractivity contribution in [3.8, 4) is 11.5 Å². The lowest BCUT2D eigenvalue weighted by Crippen LogP contribution is -2.27. The van der Waals surface area contributed by atoms with E-state index in [9.17, 15) is 19.8 Å². The molecule has 0 spiro atoms. The van der Waals surface area contributed by atoms with E-state index < -0.39 is 12.2 Å². The van der Waals surface area contributed by atoms with Crippen molar-refractivity contribution in [3.63, 3.8) is 0 Å². The monoisotopic (exact) mass is 640 g/mol. The summed E-state index contributed by atoms with van der Waals surface area (Å²) in [5.74, 6) is 4.40. The average molecular weight is 641 g/mol. The Kier molecular flexibility index (Phi) is 12.3. The third-order valence-electron chi connectivity index (χ3n) is 6.50. The molecule has 2 fully saturated rings. The van der Waals surface area contributed by atoms with Gasteiger partial charge in [0, 0.05) is 28.4 Å². The second-order valence-corrected chi connectivity index (χ2v) is 15.5. The van der Waals surface area contributed by atoms with Crippen molar-refractivity contribution in [2.24, 2.45) is 0 Å². The third kappa shape index (κ3) is 9.65. The van der Waals surface area contributed by atoms with Crippen LogP contribution in [0.4, 0.5) is 0 Å². The number of ether oxygens (including phenoxy) is 4. The molecule has 4 rings (SSSR count). The number of rotatable bonds is 14. The number of hydrogen-bond acceptors (Lipinski definition) is 12. The summed E-state index contributed by atoms with van der Waals surface area (Å²) in [6.45, 7) is 4.11. The van der Waals surface area contributed by atoms with Crippen molar-refractivity contribution < 1.29 is 38.7 Å². The first-order valence-electron chi connectivity index (χ1n) is 13.3. The fourth-order valence-corrected chi connectivity index (χ4v) is 9.20. The van der Waals surface area contributed by atoms with Gasteiger partial charge in [-0.25, -0.2) is 9.59 Å². The minimum atomic E-state index is -0.904. The molecule has 224 valence electrons. The molecule has 0 aromatic heterocycles. The van der Waals surface area contributed by atoms with Gasteiger partial charge in [0.15, 0.2) is 0 Å². The highest BCUT2D eigenvalue weighted by Crippen LogP contribution is 2.35. The standard InChI is InChI=1S/C29H36O8S4/c1-29(2,19-3-7-23(8-4-19)34-15-21(30)17-36-25(32)27-38-11-12-39-27)20-5-9-24(10-6-20)35-16-22(31)18-37-26(33)28-40-13-14-41-28/h3-10,21-22,27-28,30-31H,11-18H2,1-2H3. The van der Waals surface area contributed by atoms with Gasteiger partial charge in [-0.15, -0.1) is 47.0 Å². The zero-order chi connectivity index (χ0) is 29.2. The highest BCUT2D eigenvalue weighted by atomic mass is 32.2. The van der Waals surface area contributed by atoms with E-state index in [4.69, 9.17) is 18.9 Å². The molecule has 2 aliphatic heterocycles. The van der Waals surface area contributed by atoms with Crippen molar-refractivity contribution in [2.45, 2.75) is 40.6 Å². The maximum Gasteiger partial charge on any atom is 0.329 e. The molecule has 12 heteroatoms. The normalized spacial score (nSPS) is 17.7. The molecule has 2 N–H and O–H groups in total. The Labute approximate surface area is 258 Å². The van der Waals surface area contributed by atoms with Crippen molar-refractivity contribution >= 4 is 59.0 Å². The number of carbonyl (C=O) groups is 2. The molecule has 0 saturated carbocycles. The molecule has 2 heterocycles. The van der Waals surface area contributed by atoms with Crippen molar-refractivity contribution in [1.82, 2.24) is 0 Å². The van der Waals surface area contributed by atoms with Crippen LogP contribution in [0.5, 0.6) is 11.5 Å². The van der Waals surface area contributed by atoms with Crippen LogP contribution in [0.2, 0.25) is 0 Å². The summed E-state index contributed by atoms with van der Waals surface area (Å²) in [6.07, 6.45) is -1.81. The van der Waals surface area contributed by atoms with Crippen molar-refractivity contribution in [2.75, 3.05) is 49.4 Å². The Hall–Kier alpha value is -1.70. The molecular formula is C29H36O8S4. The summed E-state index contributed by atoms with van der Waals surface area (Å²) in [4.78, 5) is 24.0. The number of hydrogen-bond donors (Lipinski definition) is 2. The Balaban J connectivity index is 1.19. The summed E-state index contributed by atoms with van der Waals surface area (Å²) in [5.41, 5.74) is 1.86. The summed E-state index contributed by atoms with van der Waals surface area (Å²) in [5, 5.41) is 20.3. The average Bonchev–Trinajstić information content (AvgIpc) is 3.72. The number of aliphatic hydroxyl groups excluding tert-OH is 2. The first-order chi connectivity index (χ1) is 19.7. The summed E-state index contributed by atoms with van der Waals surface area (Å²) in [7, 11) is 0. The SMILES string of the molecule is CC(C)(c1ccc(OCC(O)COC(=O)C2SCCS2)cc1)c1ccc(OCC(O)COC(=O)C2SCCS2)cc1. The lowest BCUT2D eigenvalue weighted by Gasteiger charge is -2.26. The quantitative estimate of drug-likeness (QED) is 0.289. The molecule has 2 aromatic carbocycles. The van der Waals surface area contributed by atoms with Gasteiger partial charge in [0.1, 0.15) is 59.3 Å². The first kappa shape index (κ1) is 32.2. The fourth-order valence-electron chi connectivity index (χ4n) is 4.07. The molecule has 0 radical (unpaired) electrons. The fraction of sp³-hybridized carbons (Fsp3) is 0.517. The molecule has 0 bridgehead atoms. The zero-order valence-electron chi connectivity index (χ0n) is 23.1. The maximum absolute atomic E-state index is 12.0. The minimum Gasteiger partial charge on any atom is -0.491 e. The van der Waals surface area contributed by atoms with Crippen LogP contribution in [0, 0.1) is 0 Å². The van der Waals surface area contributed by atoms with Crippen LogP contribution in [0.25, 0.3) is 0 Å². The van der Waals surface area contributed by atoms with E-state index in [1.165, 1.54) is 0 Å². The number of carbonyl (C=O) groups excluding carboxylic acids is 2. The molecule has 0 aliphatic carbocycles. The van der Waals surface area contributed by atoms with Gasteiger partial charge in [-0.3, -0.25) is 0 Å². The molecular weight excluding hydrogens is 605 g/mol. The predicted octanol–water partition coefficient (Wildman–Crippen LogP) is 4.19.